The molecule has 0 unspecified atom stereocenters. The van der Waals surface area contributed by atoms with Crippen molar-refractivity contribution in [1.82, 2.24) is 0 Å². The molecule has 1 aromatic rings. The van der Waals surface area contributed by atoms with Crippen molar-refractivity contribution in [2.75, 3.05) is 39.8 Å². The van der Waals surface area contributed by atoms with Crippen molar-refractivity contribution in [3.8, 4) is 5.75 Å². The maximum Gasteiger partial charge on any atom is 0.340 e. The fraction of sp³-hybridized carbons (Fsp3) is 0.438. The average molecular weight is 293 g/mol. The zero-order valence-corrected chi connectivity index (χ0v) is 12.9. The van der Waals surface area contributed by atoms with Gasteiger partial charge in [-0.25, -0.2) is 4.79 Å². The highest BCUT2D eigenvalue weighted by Gasteiger charge is 2.15. The zero-order valence-electron chi connectivity index (χ0n) is 12.9. The number of carbonyl (C=O) groups is 1. The molecule has 1 fully saturated rings. The standard InChI is InChI=1S/C12H15NO3.C4H8O/c1-5-8-6-9(15-3)7-10(11(8)13-2)12(14)16-4;1-2-4-5-3-1/h5-7,13H,1H2,2-4H3;1-4H2. The van der Waals surface area contributed by atoms with Gasteiger partial charge in [-0.05, 0) is 25.0 Å². The van der Waals surface area contributed by atoms with Gasteiger partial charge in [-0.15, -0.1) is 0 Å². The van der Waals surface area contributed by atoms with Gasteiger partial charge < -0.3 is 19.5 Å². The number of methoxy groups -OCH3 is 2. The number of esters is 1. The number of hydrogen-bond donors (Lipinski definition) is 1. The highest BCUT2D eigenvalue weighted by molar-refractivity contribution is 5.98. The lowest BCUT2D eigenvalue weighted by Crippen LogP contribution is -2.07. The molecule has 116 valence electrons. The molecule has 0 spiro atoms. The Labute approximate surface area is 125 Å². The Morgan fingerprint density at radius 1 is 1.33 bits per heavy atom. The Hall–Kier alpha value is -2.01. The Bertz CT molecular complexity index is 474. The summed E-state index contributed by atoms with van der Waals surface area (Å²) in [5, 5.41) is 2.95. The molecule has 0 aromatic heterocycles. The fourth-order valence-corrected chi connectivity index (χ4v) is 1.98. The van der Waals surface area contributed by atoms with Gasteiger partial charge >= 0.3 is 5.97 Å². The van der Waals surface area contributed by atoms with Crippen LogP contribution in [0, 0.1) is 0 Å². The van der Waals surface area contributed by atoms with E-state index in [0.717, 1.165) is 18.8 Å². The number of nitrogens with one attached hydrogen (secondary N) is 1. The van der Waals surface area contributed by atoms with Crippen LogP contribution in [0.25, 0.3) is 6.08 Å². The van der Waals surface area contributed by atoms with Crippen LogP contribution in [0.15, 0.2) is 18.7 Å². The van der Waals surface area contributed by atoms with Crippen molar-refractivity contribution in [1.29, 1.82) is 0 Å². The van der Waals surface area contributed by atoms with Crippen molar-refractivity contribution < 1.29 is 19.0 Å². The number of ether oxygens (including phenoxy) is 3. The molecule has 1 heterocycles. The van der Waals surface area contributed by atoms with Crippen molar-refractivity contribution in [2.24, 2.45) is 0 Å². The van der Waals surface area contributed by atoms with Crippen LogP contribution in [0.2, 0.25) is 0 Å². The zero-order chi connectivity index (χ0) is 15.7. The van der Waals surface area contributed by atoms with Gasteiger partial charge in [-0.3, -0.25) is 0 Å². The third-order valence-corrected chi connectivity index (χ3v) is 3.08. The SMILES string of the molecule is C1CCOC1.C=Cc1cc(OC)cc(C(=O)OC)c1NC. The van der Waals surface area contributed by atoms with Gasteiger partial charge in [0.25, 0.3) is 0 Å². The lowest BCUT2D eigenvalue weighted by Gasteiger charge is -2.12. The van der Waals surface area contributed by atoms with Gasteiger partial charge in [0.05, 0.1) is 25.5 Å². The number of benzene rings is 1. The lowest BCUT2D eigenvalue weighted by molar-refractivity contribution is 0.0601. The quantitative estimate of drug-likeness (QED) is 0.865. The van der Waals surface area contributed by atoms with Crippen LogP contribution >= 0.6 is 0 Å². The highest BCUT2D eigenvalue weighted by atomic mass is 16.5. The van der Waals surface area contributed by atoms with E-state index in [2.05, 4.69) is 11.9 Å². The van der Waals surface area contributed by atoms with Crippen LogP contribution in [-0.2, 0) is 9.47 Å². The first-order valence-electron chi connectivity index (χ1n) is 6.86. The average Bonchev–Trinajstić information content (AvgIpc) is 3.12. The molecule has 5 heteroatoms. The molecule has 0 bridgehead atoms. The molecule has 1 saturated heterocycles. The molecular weight excluding hydrogens is 270 g/mol. The molecule has 5 nitrogen and oxygen atoms in total. The Morgan fingerprint density at radius 3 is 2.38 bits per heavy atom. The molecule has 0 atom stereocenters. The van der Waals surface area contributed by atoms with Crippen LogP contribution in [0.4, 0.5) is 5.69 Å². The van der Waals surface area contributed by atoms with E-state index in [4.69, 9.17) is 14.2 Å². The summed E-state index contributed by atoms with van der Waals surface area (Å²) in [6, 6.07) is 3.43. The Balaban J connectivity index is 0.000000369. The van der Waals surface area contributed by atoms with Crippen molar-refractivity contribution in [3.63, 3.8) is 0 Å². The number of hydrogen-bond acceptors (Lipinski definition) is 5. The van der Waals surface area contributed by atoms with E-state index >= 15 is 0 Å². The van der Waals surface area contributed by atoms with E-state index in [0.29, 0.717) is 17.0 Å². The summed E-state index contributed by atoms with van der Waals surface area (Å²) in [5.74, 6) is 0.181. The first-order valence-corrected chi connectivity index (χ1v) is 6.86. The molecule has 0 amide bonds. The van der Waals surface area contributed by atoms with E-state index in [9.17, 15) is 4.79 Å². The molecule has 0 aliphatic carbocycles. The number of carbonyl (C=O) groups excluding carboxylic acids is 1. The third kappa shape index (κ3) is 4.79. The minimum absolute atomic E-state index is 0.411. The second-order valence-electron chi connectivity index (χ2n) is 4.40. The minimum atomic E-state index is -0.411. The predicted octanol–water partition coefficient (Wildman–Crippen LogP) is 2.96. The second-order valence-corrected chi connectivity index (χ2v) is 4.40. The molecular formula is C16H23NO4. The normalized spacial score (nSPS) is 12.9. The van der Waals surface area contributed by atoms with E-state index in [1.807, 2.05) is 0 Å². The first-order chi connectivity index (χ1) is 10.2. The summed E-state index contributed by atoms with van der Waals surface area (Å²) >= 11 is 0. The summed E-state index contributed by atoms with van der Waals surface area (Å²) in [7, 11) is 4.62. The lowest BCUT2D eigenvalue weighted by atomic mass is 10.1. The Kier molecular flexibility index (Phi) is 7.32. The van der Waals surface area contributed by atoms with Crippen LogP contribution < -0.4 is 10.1 Å². The van der Waals surface area contributed by atoms with Gasteiger partial charge in [0, 0.05) is 25.8 Å². The maximum absolute atomic E-state index is 11.6. The predicted molar refractivity (Wildman–Crippen MR) is 84.0 cm³/mol. The third-order valence-electron chi connectivity index (χ3n) is 3.08. The van der Waals surface area contributed by atoms with E-state index < -0.39 is 5.97 Å². The largest absolute Gasteiger partial charge is 0.497 e. The maximum atomic E-state index is 11.6. The minimum Gasteiger partial charge on any atom is -0.497 e. The van der Waals surface area contributed by atoms with Crippen LogP contribution in [-0.4, -0.2) is 40.5 Å². The fourth-order valence-electron chi connectivity index (χ4n) is 1.98. The summed E-state index contributed by atoms with van der Waals surface area (Å²) in [5.41, 5.74) is 1.91. The van der Waals surface area contributed by atoms with E-state index in [-0.39, 0.29) is 0 Å². The van der Waals surface area contributed by atoms with E-state index in [1.54, 1.807) is 32.4 Å². The molecule has 1 aliphatic rings. The van der Waals surface area contributed by atoms with Gasteiger partial charge in [-0.2, -0.15) is 0 Å². The summed E-state index contributed by atoms with van der Waals surface area (Å²) < 4.78 is 14.8. The van der Waals surface area contributed by atoms with Gasteiger partial charge in [0.1, 0.15) is 5.75 Å². The number of anilines is 1. The van der Waals surface area contributed by atoms with Crippen LogP contribution in [0.5, 0.6) is 5.75 Å². The van der Waals surface area contributed by atoms with E-state index in [1.165, 1.54) is 20.0 Å². The van der Waals surface area contributed by atoms with Crippen LogP contribution in [0.3, 0.4) is 0 Å². The van der Waals surface area contributed by atoms with Crippen molar-refractivity contribution >= 4 is 17.7 Å². The molecule has 1 aromatic carbocycles. The van der Waals surface area contributed by atoms with Gasteiger partial charge in [0.2, 0.25) is 0 Å². The van der Waals surface area contributed by atoms with Gasteiger partial charge in [-0.1, -0.05) is 12.7 Å². The molecule has 1 aliphatic heterocycles. The topological polar surface area (TPSA) is 56.8 Å². The molecule has 21 heavy (non-hydrogen) atoms. The monoisotopic (exact) mass is 293 g/mol. The molecule has 1 N–H and O–H groups in total. The smallest absolute Gasteiger partial charge is 0.340 e. The van der Waals surface area contributed by atoms with Crippen molar-refractivity contribution in [3.05, 3.63) is 29.8 Å². The number of rotatable bonds is 4. The highest BCUT2D eigenvalue weighted by Crippen LogP contribution is 2.28. The Morgan fingerprint density at radius 2 is 2.00 bits per heavy atom. The summed E-state index contributed by atoms with van der Waals surface area (Å²) in [6.07, 6.45) is 4.21. The summed E-state index contributed by atoms with van der Waals surface area (Å²) in [4.78, 5) is 11.6. The summed E-state index contributed by atoms with van der Waals surface area (Å²) in [6.45, 7) is 5.69. The molecule has 0 saturated carbocycles. The van der Waals surface area contributed by atoms with Crippen molar-refractivity contribution in [2.45, 2.75) is 12.8 Å². The second kappa shape index (κ2) is 9.02. The molecule has 0 radical (unpaired) electrons. The first kappa shape index (κ1) is 17.0. The van der Waals surface area contributed by atoms with Gasteiger partial charge in [0.15, 0.2) is 0 Å². The molecule has 2 rings (SSSR count). The van der Waals surface area contributed by atoms with Crippen LogP contribution in [0.1, 0.15) is 28.8 Å².